The number of hydrogen-bond acceptors (Lipinski definition) is 4. The van der Waals surface area contributed by atoms with Crippen LogP contribution in [-0.2, 0) is 11.2 Å². The van der Waals surface area contributed by atoms with Crippen molar-refractivity contribution >= 4 is 5.97 Å². The van der Waals surface area contributed by atoms with Crippen LogP contribution >= 0.6 is 0 Å². The van der Waals surface area contributed by atoms with Crippen LogP contribution in [-0.4, -0.2) is 38.6 Å². The van der Waals surface area contributed by atoms with Gasteiger partial charge in [-0.15, -0.1) is 0 Å². The first-order valence-corrected chi connectivity index (χ1v) is 5.19. The normalized spacial score (nSPS) is 11.8. The Morgan fingerprint density at radius 2 is 1.72 bits per heavy atom. The van der Waals surface area contributed by atoms with Gasteiger partial charge in [-0.05, 0) is 0 Å². The monoisotopic (exact) mass is 258 g/mol. The molecule has 0 saturated heterocycles. The minimum Gasteiger partial charge on any atom is -0.496 e. The third-order valence-electron chi connectivity index (χ3n) is 2.47. The van der Waals surface area contributed by atoms with Gasteiger partial charge in [0.25, 0.3) is 0 Å². The number of carbonyl (C=O) groups is 1. The number of aliphatic carboxylic acids is 1. The fourth-order valence-corrected chi connectivity index (χ4v) is 1.55. The molecule has 18 heavy (non-hydrogen) atoms. The number of rotatable bonds is 6. The second-order valence-electron chi connectivity index (χ2n) is 3.52. The average Bonchev–Trinajstić information content (AvgIpc) is 2.38. The van der Waals surface area contributed by atoms with Crippen LogP contribution in [0.3, 0.4) is 0 Å². The molecule has 0 aliphatic heterocycles. The molecule has 1 N–H and O–H groups in total. The third-order valence-corrected chi connectivity index (χ3v) is 2.47. The van der Waals surface area contributed by atoms with E-state index in [1.54, 1.807) is 12.1 Å². The van der Waals surface area contributed by atoms with E-state index in [0.29, 0.717) is 22.8 Å². The number of methoxy groups -OCH3 is 3. The fourth-order valence-electron chi connectivity index (χ4n) is 1.55. The van der Waals surface area contributed by atoms with Crippen molar-refractivity contribution in [3.05, 3.63) is 17.7 Å². The molecule has 0 saturated carbocycles. The van der Waals surface area contributed by atoms with Gasteiger partial charge in [0.1, 0.15) is 17.2 Å². The summed E-state index contributed by atoms with van der Waals surface area (Å²) in [4.78, 5) is 10.5. The Morgan fingerprint density at radius 3 is 2.06 bits per heavy atom. The summed E-state index contributed by atoms with van der Waals surface area (Å²) in [5.74, 6) is -0.377. The van der Waals surface area contributed by atoms with E-state index in [1.807, 2.05) is 0 Å². The Hall–Kier alpha value is -1.98. The maximum Gasteiger partial charge on any atom is 0.338 e. The first-order chi connectivity index (χ1) is 8.53. The molecule has 6 heteroatoms. The SMILES string of the molecule is COc1cc(OC)c(CC(F)C(=O)O)c(OC)c1. The van der Waals surface area contributed by atoms with Gasteiger partial charge in [-0.1, -0.05) is 0 Å². The van der Waals surface area contributed by atoms with Crippen molar-refractivity contribution in [1.29, 1.82) is 0 Å². The predicted octanol–water partition coefficient (Wildman–Crippen LogP) is 1.68. The minimum atomic E-state index is -2.01. The molecule has 0 fully saturated rings. The molecule has 0 aliphatic carbocycles. The van der Waals surface area contributed by atoms with Crippen LogP contribution < -0.4 is 14.2 Å². The number of benzene rings is 1. The maximum atomic E-state index is 13.3. The van der Waals surface area contributed by atoms with Crippen molar-refractivity contribution in [1.82, 2.24) is 0 Å². The summed E-state index contributed by atoms with van der Waals surface area (Å²) in [7, 11) is 4.29. The molecule has 1 atom stereocenters. The highest BCUT2D eigenvalue weighted by atomic mass is 19.1. The summed E-state index contributed by atoms with van der Waals surface area (Å²) < 4.78 is 28.5. The van der Waals surface area contributed by atoms with E-state index in [-0.39, 0.29) is 6.42 Å². The first kappa shape index (κ1) is 14.1. The lowest BCUT2D eigenvalue weighted by molar-refractivity contribution is -0.142. The number of halogens is 1. The smallest absolute Gasteiger partial charge is 0.338 e. The third kappa shape index (κ3) is 3.03. The Labute approximate surface area is 104 Å². The number of carboxylic acids is 1. The molecule has 0 bridgehead atoms. The second kappa shape index (κ2) is 6.09. The molecule has 1 unspecified atom stereocenters. The average molecular weight is 258 g/mol. The van der Waals surface area contributed by atoms with Crippen LogP contribution in [0.5, 0.6) is 17.2 Å². The molecule has 1 aromatic rings. The number of hydrogen-bond donors (Lipinski definition) is 1. The molecule has 1 rings (SSSR count). The molecule has 1 aromatic carbocycles. The molecular formula is C12H15FO5. The molecule has 0 aliphatic rings. The minimum absolute atomic E-state index is 0.328. The van der Waals surface area contributed by atoms with E-state index >= 15 is 0 Å². The van der Waals surface area contributed by atoms with Crippen molar-refractivity contribution in [2.24, 2.45) is 0 Å². The number of alkyl halides is 1. The first-order valence-electron chi connectivity index (χ1n) is 5.19. The largest absolute Gasteiger partial charge is 0.496 e. The Kier molecular flexibility index (Phi) is 4.76. The van der Waals surface area contributed by atoms with Gasteiger partial charge < -0.3 is 19.3 Å². The van der Waals surface area contributed by atoms with Crippen molar-refractivity contribution < 1.29 is 28.5 Å². The van der Waals surface area contributed by atoms with Crippen LogP contribution in [0.1, 0.15) is 5.56 Å². The lowest BCUT2D eigenvalue weighted by Crippen LogP contribution is -2.18. The molecule has 0 aromatic heterocycles. The zero-order valence-corrected chi connectivity index (χ0v) is 10.4. The van der Waals surface area contributed by atoms with E-state index in [9.17, 15) is 9.18 Å². The van der Waals surface area contributed by atoms with Crippen molar-refractivity contribution in [3.8, 4) is 17.2 Å². The summed E-state index contributed by atoms with van der Waals surface area (Å²) in [6, 6.07) is 3.10. The fraction of sp³-hybridized carbons (Fsp3) is 0.417. The van der Waals surface area contributed by atoms with Gasteiger partial charge in [-0.2, -0.15) is 0 Å². The van der Waals surface area contributed by atoms with Gasteiger partial charge in [-0.3, -0.25) is 0 Å². The quantitative estimate of drug-likeness (QED) is 0.841. The molecule has 0 spiro atoms. The van der Waals surface area contributed by atoms with Crippen molar-refractivity contribution in [2.75, 3.05) is 21.3 Å². The highest BCUT2D eigenvalue weighted by Gasteiger charge is 2.22. The summed E-state index contributed by atoms with van der Waals surface area (Å²) in [6.07, 6.45) is -2.34. The second-order valence-corrected chi connectivity index (χ2v) is 3.52. The standard InChI is InChI=1S/C12H15FO5/c1-16-7-4-10(17-2)8(11(5-7)18-3)6-9(13)12(14)15/h4-5,9H,6H2,1-3H3,(H,14,15). The lowest BCUT2D eigenvalue weighted by Gasteiger charge is -2.15. The summed E-state index contributed by atoms with van der Waals surface area (Å²) in [5.41, 5.74) is 0.357. The predicted molar refractivity (Wildman–Crippen MR) is 62.3 cm³/mol. The molecular weight excluding hydrogens is 243 g/mol. The van der Waals surface area contributed by atoms with Crippen LogP contribution in [0.15, 0.2) is 12.1 Å². The van der Waals surface area contributed by atoms with E-state index in [1.165, 1.54) is 21.3 Å². The topological polar surface area (TPSA) is 65.0 Å². The Bertz CT molecular complexity index is 407. The molecule has 0 amide bonds. The van der Waals surface area contributed by atoms with Gasteiger partial charge in [0.15, 0.2) is 0 Å². The van der Waals surface area contributed by atoms with E-state index in [4.69, 9.17) is 19.3 Å². The zero-order chi connectivity index (χ0) is 13.7. The van der Waals surface area contributed by atoms with Gasteiger partial charge in [0.2, 0.25) is 6.17 Å². The lowest BCUT2D eigenvalue weighted by atomic mass is 10.1. The van der Waals surface area contributed by atoms with E-state index in [2.05, 4.69) is 0 Å². The summed E-state index contributed by atoms with van der Waals surface area (Å²) >= 11 is 0. The van der Waals surface area contributed by atoms with Crippen molar-refractivity contribution in [3.63, 3.8) is 0 Å². The Morgan fingerprint density at radius 1 is 1.22 bits per heavy atom. The molecule has 100 valence electrons. The zero-order valence-electron chi connectivity index (χ0n) is 10.4. The van der Waals surface area contributed by atoms with Gasteiger partial charge >= 0.3 is 5.97 Å². The molecule has 0 heterocycles. The molecule has 0 radical (unpaired) electrons. The van der Waals surface area contributed by atoms with Crippen LogP contribution in [0.2, 0.25) is 0 Å². The van der Waals surface area contributed by atoms with Crippen LogP contribution in [0.25, 0.3) is 0 Å². The highest BCUT2D eigenvalue weighted by molar-refractivity contribution is 5.73. The number of ether oxygens (including phenoxy) is 3. The number of carboxylic acid groups (broad SMARTS) is 1. The van der Waals surface area contributed by atoms with Crippen LogP contribution in [0.4, 0.5) is 4.39 Å². The van der Waals surface area contributed by atoms with Gasteiger partial charge in [-0.25, -0.2) is 9.18 Å². The summed E-state index contributed by atoms with van der Waals surface area (Å²) in [5, 5.41) is 8.59. The van der Waals surface area contributed by atoms with E-state index < -0.39 is 12.1 Å². The maximum absolute atomic E-state index is 13.3. The van der Waals surface area contributed by atoms with Gasteiger partial charge in [0.05, 0.1) is 21.3 Å². The van der Waals surface area contributed by atoms with Crippen LogP contribution in [0, 0.1) is 0 Å². The van der Waals surface area contributed by atoms with Gasteiger partial charge in [0, 0.05) is 24.1 Å². The Balaban J connectivity index is 3.18. The van der Waals surface area contributed by atoms with Crippen molar-refractivity contribution in [2.45, 2.75) is 12.6 Å². The highest BCUT2D eigenvalue weighted by Crippen LogP contribution is 2.35. The molecule has 5 nitrogen and oxygen atoms in total. The van der Waals surface area contributed by atoms with E-state index in [0.717, 1.165) is 0 Å². The summed E-state index contributed by atoms with van der Waals surface area (Å²) in [6.45, 7) is 0.